The average molecular weight is 330 g/mol. The van der Waals surface area contributed by atoms with Gasteiger partial charge in [-0.1, -0.05) is 0 Å². The number of fused-ring (bicyclic) bond motifs is 1. The quantitative estimate of drug-likeness (QED) is 0.714. The van der Waals surface area contributed by atoms with Gasteiger partial charge in [-0.05, 0) is 34.1 Å². The minimum atomic E-state index is -0.507. The van der Waals surface area contributed by atoms with Gasteiger partial charge in [0.05, 0.1) is 24.2 Å². The molecule has 134 valence electrons. The average Bonchev–Trinajstić information content (AvgIpc) is 2.86. The molecule has 0 radical (unpaired) electrons. The van der Waals surface area contributed by atoms with Gasteiger partial charge < -0.3 is 29.6 Å². The molecule has 2 fully saturated rings. The molecule has 1 aliphatic carbocycles. The van der Waals surface area contributed by atoms with Gasteiger partial charge in [-0.2, -0.15) is 0 Å². The molecule has 1 aliphatic heterocycles. The van der Waals surface area contributed by atoms with Gasteiger partial charge in [0, 0.05) is 26.7 Å². The summed E-state index contributed by atoms with van der Waals surface area (Å²) < 4.78 is 21.7. The number of nitrogens with one attached hydrogen (secondary N) is 2. The summed E-state index contributed by atoms with van der Waals surface area (Å²) in [6.45, 7) is 8.29. The Bertz CT molecular complexity index is 408. The van der Waals surface area contributed by atoms with E-state index in [-0.39, 0.29) is 36.6 Å². The molecule has 0 bridgehead atoms. The molecule has 7 nitrogen and oxygen atoms in total. The molecule has 1 saturated carbocycles. The lowest BCUT2D eigenvalue weighted by Crippen LogP contribution is -2.72. The zero-order valence-corrected chi connectivity index (χ0v) is 14.9. The lowest BCUT2D eigenvalue weighted by Gasteiger charge is -2.49. The normalized spacial score (nSPS) is 31.4. The van der Waals surface area contributed by atoms with Gasteiger partial charge in [0.25, 0.3) is 0 Å². The summed E-state index contributed by atoms with van der Waals surface area (Å²) in [5.41, 5.74) is -0.507. The highest BCUT2D eigenvalue weighted by Gasteiger charge is 2.55. The van der Waals surface area contributed by atoms with Crippen LogP contribution in [0.5, 0.6) is 0 Å². The first-order valence-corrected chi connectivity index (χ1v) is 8.19. The van der Waals surface area contributed by atoms with Crippen LogP contribution in [0, 0.1) is 5.92 Å². The molecule has 2 aliphatic rings. The SMILES string of the molecule is COC(OC)C(C)NC1C(NC(=O)OC(C)(C)C)C2CCOC21. The fourth-order valence-corrected chi connectivity index (χ4v) is 3.43. The molecule has 0 aromatic rings. The summed E-state index contributed by atoms with van der Waals surface area (Å²) in [5, 5.41) is 6.45. The predicted molar refractivity (Wildman–Crippen MR) is 85.2 cm³/mol. The molecule has 1 heterocycles. The highest BCUT2D eigenvalue weighted by molar-refractivity contribution is 5.68. The van der Waals surface area contributed by atoms with Gasteiger partial charge in [0.2, 0.25) is 0 Å². The third-order valence-electron chi connectivity index (χ3n) is 4.40. The van der Waals surface area contributed by atoms with Crippen LogP contribution in [0.1, 0.15) is 34.1 Å². The van der Waals surface area contributed by atoms with Crippen molar-refractivity contribution in [2.24, 2.45) is 5.92 Å². The lowest BCUT2D eigenvalue weighted by atomic mass is 9.71. The maximum atomic E-state index is 12.1. The van der Waals surface area contributed by atoms with Crippen molar-refractivity contribution in [2.75, 3.05) is 20.8 Å². The third kappa shape index (κ3) is 4.35. The van der Waals surface area contributed by atoms with Crippen molar-refractivity contribution in [1.29, 1.82) is 0 Å². The van der Waals surface area contributed by atoms with E-state index < -0.39 is 5.60 Å². The van der Waals surface area contributed by atoms with E-state index in [4.69, 9.17) is 18.9 Å². The molecule has 1 amide bonds. The second-order valence-electron chi connectivity index (χ2n) is 7.28. The number of rotatable bonds is 6. The first kappa shape index (κ1) is 18.4. The maximum absolute atomic E-state index is 12.1. The van der Waals surface area contributed by atoms with Crippen LogP contribution in [-0.4, -0.2) is 63.0 Å². The standard InChI is InChI=1S/C16H30N2O5/c1-9(14(20-5)21-6)17-12-11(10-7-8-22-13(10)12)18-15(19)23-16(2,3)4/h9-14,17H,7-8H2,1-6H3,(H,18,19). The van der Waals surface area contributed by atoms with Crippen molar-refractivity contribution in [3.8, 4) is 0 Å². The molecule has 1 saturated heterocycles. The van der Waals surface area contributed by atoms with Crippen LogP contribution in [-0.2, 0) is 18.9 Å². The van der Waals surface area contributed by atoms with E-state index >= 15 is 0 Å². The highest BCUT2D eigenvalue weighted by atomic mass is 16.7. The summed E-state index contributed by atoms with van der Waals surface area (Å²) in [4.78, 5) is 12.1. The van der Waals surface area contributed by atoms with Gasteiger partial charge in [-0.3, -0.25) is 0 Å². The van der Waals surface area contributed by atoms with Crippen molar-refractivity contribution in [2.45, 2.75) is 70.2 Å². The largest absolute Gasteiger partial charge is 0.444 e. The van der Waals surface area contributed by atoms with Crippen LogP contribution in [0.15, 0.2) is 0 Å². The first-order valence-electron chi connectivity index (χ1n) is 8.19. The number of hydrogen-bond donors (Lipinski definition) is 2. The number of carbonyl (C=O) groups excluding carboxylic acids is 1. The first-order chi connectivity index (χ1) is 10.8. The van der Waals surface area contributed by atoms with Crippen molar-refractivity contribution in [3.63, 3.8) is 0 Å². The van der Waals surface area contributed by atoms with Crippen LogP contribution in [0.4, 0.5) is 4.79 Å². The van der Waals surface area contributed by atoms with Crippen LogP contribution in [0.3, 0.4) is 0 Å². The summed E-state index contributed by atoms with van der Waals surface area (Å²) in [6.07, 6.45) is 0.335. The minimum Gasteiger partial charge on any atom is -0.444 e. The van der Waals surface area contributed by atoms with Crippen molar-refractivity contribution in [1.82, 2.24) is 10.6 Å². The minimum absolute atomic E-state index is 0.00541. The number of alkyl carbamates (subject to hydrolysis) is 1. The molecule has 5 atom stereocenters. The second-order valence-corrected chi connectivity index (χ2v) is 7.28. The number of carbonyl (C=O) groups is 1. The summed E-state index contributed by atoms with van der Waals surface area (Å²) in [5.74, 6) is 0.329. The number of amides is 1. The Labute approximate surface area is 138 Å². The molecule has 0 aromatic heterocycles. The summed E-state index contributed by atoms with van der Waals surface area (Å²) >= 11 is 0. The smallest absolute Gasteiger partial charge is 0.407 e. The highest BCUT2D eigenvalue weighted by Crippen LogP contribution is 2.39. The monoisotopic (exact) mass is 330 g/mol. The summed E-state index contributed by atoms with van der Waals surface area (Å²) in [6, 6.07) is -0.00457. The molecule has 5 unspecified atom stereocenters. The molecular weight excluding hydrogens is 300 g/mol. The van der Waals surface area contributed by atoms with E-state index in [2.05, 4.69) is 10.6 Å². The van der Waals surface area contributed by atoms with Crippen LogP contribution >= 0.6 is 0 Å². The lowest BCUT2D eigenvalue weighted by molar-refractivity contribution is -0.130. The zero-order valence-electron chi connectivity index (χ0n) is 14.9. The Hall–Kier alpha value is -0.890. The Kier molecular flexibility index (Phi) is 5.89. The van der Waals surface area contributed by atoms with Gasteiger partial charge in [0.1, 0.15) is 5.60 Å². The van der Waals surface area contributed by atoms with Crippen LogP contribution in [0.25, 0.3) is 0 Å². The fraction of sp³-hybridized carbons (Fsp3) is 0.938. The van der Waals surface area contributed by atoms with Gasteiger partial charge in [-0.25, -0.2) is 4.79 Å². The van der Waals surface area contributed by atoms with Crippen LogP contribution in [0.2, 0.25) is 0 Å². The summed E-state index contributed by atoms with van der Waals surface area (Å²) in [7, 11) is 3.22. The number of ether oxygens (including phenoxy) is 4. The van der Waals surface area contributed by atoms with Crippen molar-refractivity contribution in [3.05, 3.63) is 0 Å². The molecule has 2 N–H and O–H groups in total. The Morgan fingerprint density at radius 2 is 1.87 bits per heavy atom. The van der Waals surface area contributed by atoms with Crippen molar-refractivity contribution >= 4 is 6.09 Å². The van der Waals surface area contributed by atoms with E-state index in [1.54, 1.807) is 14.2 Å². The van der Waals surface area contributed by atoms with Crippen LogP contribution < -0.4 is 10.6 Å². The molecule has 2 rings (SSSR count). The molecule has 0 aromatic carbocycles. The Morgan fingerprint density at radius 3 is 2.43 bits per heavy atom. The Morgan fingerprint density at radius 1 is 1.22 bits per heavy atom. The predicted octanol–water partition coefficient (Wildman–Crippen LogP) is 1.26. The molecular formula is C16H30N2O5. The molecule has 23 heavy (non-hydrogen) atoms. The van der Waals surface area contributed by atoms with Crippen molar-refractivity contribution < 1.29 is 23.7 Å². The van der Waals surface area contributed by atoms with Gasteiger partial charge in [-0.15, -0.1) is 0 Å². The van der Waals surface area contributed by atoms with E-state index in [9.17, 15) is 4.79 Å². The molecule has 0 spiro atoms. The maximum Gasteiger partial charge on any atom is 0.407 e. The third-order valence-corrected chi connectivity index (χ3v) is 4.40. The zero-order chi connectivity index (χ0) is 17.2. The topological polar surface area (TPSA) is 78.1 Å². The molecule has 7 heteroatoms. The number of methoxy groups -OCH3 is 2. The number of hydrogen-bond acceptors (Lipinski definition) is 6. The van der Waals surface area contributed by atoms with E-state index in [1.807, 2.05) is 27.7 Å². The van der Waals surface area contributed by atoms with Gasteiger partial charge in [0.15, 0.2) is 6.29 Å². The second kappa shape index (κ2) is 7.34. The van der Waals surface area contributed by atoms with E-state index in [0.29, 0.717) is 5.92 Å². The van der Waals surface area contributed by atoms with Gasteiger partial charge >= 0.3 is 6.09 Å². The van der Waals surface area contributed by atoms with E-state index in [0.717, 1.165) is 13.0 Å². The Balaban J connectivity index is 1.95. The van der Waals surface area contributed by atoms with E-state index in [1.165, 1.54) is 0 Å². The fourth-order valence-electron chi connectivity index (χ4n) is 3.43.